The highest BCUT2D eigenvalue weighted by molar-refractivity contribution is 5.80. The first-order valence-corrected chi connectivity index (χ1v) is 9.45. The molecular formula is C18H36N4O. The van der Waals surface area contributed by atoms with Gasteiger partial charge in [-0.3, -0.25) is 4.99 Å². The monoisotopic (exact) mass is 324 g/mol. The third-order valence-corrected chi connectivity index (χ3v) is 5.47. The predicted molar refractivity (Wildman–Crippen MR) is 97.0 cm³/mol. The topological polar surface area (TPSA) is 48.9 Å². The van der Waals surface area contributed by atoms with E-state index in [-0.39, 0.29) is 0 Å². The number of fused-ring (bicyclic) bond motifs is 2. The summed E-state index contributed by atoms with van der Waals surface area (Å²) in [6.45, 7) is 8.43. The molecule has 0 saturated carbocycles. The molecule has 134 valence electrons. The molecule has 2 fully saturated rings. The van der Waals surface area contributed by atoms with Crippen molar-refractivity contribution in [1.82, 2.24) is 15.5 Å². The van der Waals surface area contributed by atoms with Crippen molar-refractivity contribution in [3.63, 3.8) is 0 Å². The van der Waals surface area contributed by atoms with Gasteiger partial charge in [0.2, 0.25) is 0 Å². The first kappa shape index (κ1) is 18.5. The summed E-state index contributed by atoms with van der Waals surface area (Å²) in [5.41, 5.74) is 0. The number of ether oxygens (including phenoxy) is 1. The van der Waals surface area contributed by atoms with Crippen molar-refractivity contribution in [3.05, 3.63) is 0 Å². The highest BCUT2D eigenvalue weighted by Crippen LogP contribution is 2.34. The molecule has 2 saturated heterocycles. The predicted octanol–water partition coefficient (Wildman–Crippen LogP) is 2.23. The molecule has 2 aliphatic rings. The lowest BCUT2D eigenvalue weighted by atomic mass is 9.93. The molecule has 4 unspecified atom stereocenters. The summed E-state index contributed by atoms with van der Waals surface area (Å²) in [5, 5.41) is 7.02. The van der Waals surface area contributed by atoms with Gasteiger partial charge in [-0.25, -0.2) is 0 Å². The van der Waals surface area contributed by atoms with Crippen molar-refractivity contribution in [2.24, 2.45) is 10.9 Å². The highest BCUT2D eigenvalue weighted by Gasteiger charge is 2.41. The number of nitrogens with zero attached hydrogens (tertiary/aromatic N) is 2. The summed E-state index contributed by atoms with van der Waals surface area (Å²) in [5.74, 6) is 1.65. The van der Waals surface area contributed by atoms with Crippen LogP contribution in [0.2, 0.25) is 0 Å². The summed E-state index contributed by atoms with van der Waals surface area (Å²) in [6, 6.07) is 0.925. The number of hydrogen-bond acceptors (Lipinski definition) is 3. The average molecular weight is 325 g/mol. The van der Waals surface area contributed by atoms with Gasteiger partial charge in [-0.2, -0.15) is 0 Å². The fourth-order valence-electron chi connectivity index (χ4n) is 4.04. The number of aliphatic imine (C=N–C) groups is 1. The second kappa shape index (κ2) is 8.88. The van der Waals surface area contributed by atoms with Gasteiger partial charge in [0.05, 0.1) is 24.8 Å². The van der Waals surface area contributed by atoms with Gasteiger partial charge in [-0.05, 0) is 46.2 Å². The summed E-state index contributed by atoms with van der Waals surface area (Å²) < 4.78 is 5.95. The average Bonchev–Trinajstić information content (AvgIpc) is 3.13. The minimum atomic E-state index is 0.382. The summed E-state index contributed by atoms with van der Waals surface area (Å²) in [4.78, 5) is 7.22. The number of rotatable bonds is 8. The van der Waals surface area contributed by atoms with E-state index in [1.165, 1.54) is 25.7 Å². The van der Waals surface area contributed by atoms with Gasteiger partial charge < -0.3 is 20.3 Å². The molecule has 2 bridgehead atoms. The van der Waals surface area contributed by atoms with E-state index in [4.69, 9.17) is 9.73 Å². The van der Waals surface area contributed by atoms with E-state index in [0.717, 1.165) is 25.5 Å². The molecule has 2 N–H and O–H groups in total. The molecule has 2 heterocycles. The maximum Gasteiger partial charge on any atom is 0.191 e. The van der Waals surface area contributed by atoms with Crippen molar-refractivity contribution >= 4 is 5.96 Å². The van der Waals surface area contributed by atoms with E-state index in [9.17, 15) is 0 Å². The second-order valence-electron chi connectivity index (χ2n) is 7.19. The zero-order valence-electron chi connectivity index (χ0n) is 15.6. The van der Waals surface area contributed by atoms with Gasteiger partial charge in [0.25, 0.3) is 0 Å². The molecule has 5 nitrogen and oxygen atoms in total. The van der Waals surface area contributed by atoms with Crippen LogP contribution in [0.15, 0.2) is 4.99 Å². The lowest BCUT2D eigenvalue weighted by Crippen LogP contribution is -2.48. The first-order valence-electron chi connectivity index (χ1n) is 9.45. The minimum Gasteiger partial charge on any atom is -0.373 e. The number of guanidine groups is 1. The quantitative estimate of drug-likeness (QED) is 0.531. The molecule has 5 heteroatoms. The highest BCUT2D eigenvalue weighted by atomic mass is 16.5. The normalized spacial score (nSPS) is 28.7. The molecule has 0 amide bonds. The van der Waals surface area contributed by atoms with Crippen LogP contribution in [-0.4, -0.2) is 62.3 Å². The van der Waals surface area contributed by atoms with Crippen molar-refractivity contribution in [2.75, 3.05) is 27.2 Å². The van der Waals surface area contributed by atoms with Gasteiger partial charge in [0.15, 0.2) is 5.96 Å². The Morgan fingerprint density at radius 1 is 1.22 bits per heavy atom. The molecule has 0 aliphatic carbocycles. The van der Waals surface area contributed by atoms with Gasteiger partial charge in [0, 0.05) is 12.6 Å². The molecule has 2 rings (SSSR count). The van der Waals surface area contributed by atoms with Crippen LogP contribution in [0.3, 0.4) is 0 Å². The zero-order valence-corrected chi connectivity index (χ0v) is 15.6. The van der Waals surface area contributed by atoms with Crippen LogP contribution in [-0.2, 0) is 4.74 Å². The van der Waals surface area contributed by atoms with E-state index in [0.29, 0.717) is 30.2 Å². The van der Waals surface area contributed by atoms with E-state index < -0.39 is 0 Å². The molecule has 23 heavy (non-hydrogen) atoms. The minimum absolute atomic E-state index is 0.382. The largest absolute Gasteiger partial charge is 0.373 e. The Labute approximate surface area is 142 Å². The van der Waals surface area contributed by atoms with E-state index in [1.807, 2.05) is 0 Å². The van der Waals surface area contributed by atoms with Gasteiger partial charge >= 0.3 is 0 Å². The molecular weight excluding hydrogens is 288 g/mol. The SMILES string of the molecule is CCNC(=NCC(C(CC)CC)N(C)C)NC1CC2CCC1O2. The number of hydrogen-bond donors (Lipinski definition) is 2. The van der Waals surface area contributed by atoms with Crippen LogP contribution in [0.1, 0.15) is 52.9 Å². The fraction of sp³-hybridized carbons (Fsp3) is 0.944. The van der Waals surface area contributed by atoms with Crippen LogP contribution in [0.25, 0.3) is 0 Å². The third kappa shape index (κ3) is 4.83. The van der Waals surface area contributed by atoms with Gasteiger partial charge in [-0.1, -0.05) is 26.7 Å². The first-order chi connectivity index (χ1) is 11.1. The smallest absolute Gasteiger partial charge is 0.191 e. The Bertz CT molecular complexity index is 381. The van der Waals surface area contributed by atoms with Crippen molar-refractivity contribution < 1.29 is 4.74 Å². The van der Waals surface area contributed by atoms with Crippen LogP contribution in [0, 0.1) is 5.92 Å². The van der Waals surface area contributed by atoms with Gasteiger partial charge in [0.1, 0.15) is 0 Å². The molecule has 2 aliphatic heterocycles. The van der Waals surface area contributed by atoms with E-state index >= 15 is 0 Å². The van der Waals surface area contributed by atoms with Crippen molar-refractivity contribution in [3.8, 4) is 0 Å². The maximum atomic E-state index is 5.95. The standard InChI is InChI=1S/C18H36N4O/c1-6-13(7-2)16(22(4)5)12-20-18(19-8-3)21-15-11-14-9-10-17(15)23-14/h13-17H,6-12H2,1-5H3,(H2,19,20,21). The lowest BCUT2D eigenvalue weighted by Gasteiger charge is -2.30. The van der Waals surface area contributed by atoms with Crippen LogP contribution in [0.4, 0.5) is 0 Å². The molecule has 4 atom stereocenters. The maximum absolute atomic E-state index is 5.95. The molecule has 0 aromatic rings. The van der Waals surface area contributed by atoms with E-state index in [1.54, 1.807) is 0 Å². The second-order valence-corrected chi connectivity index (χ2v) is 7.19. The van der Waals surface area contributed by atoms with Crippen LogP contribution < -0.4 is 10.6 Å². The Morgan fingerprint density at radius 2 is 1.96 bits per heavy atom. The summed E-state index contributed by atoms with van der Waals surface area (Å²) in [6.07, 6.45) is 6.81. The van der Waals surface area contributed by atoms with Gasteiger partial charge in [-0.15, -0.1) is 0 Å². The lowest BCUT2D eigenvalue weighted by molar-refractivity contribution is 0.0992. The van der Waals surface area contributed by atoms with E-state index in [2.05, 4.69) is 50.4 Å². The Morgan fingerprint density at radius 3 is 2.43 bits per heavy atom. The van der Waals surface area contributed by atoms with Crippen molar-refractivity contribution in [2.45, 2.75) is 77.2 Å². The Hall–Kier alpha value is -0.810. The Balaban J connectivity index is 1.96. The molecule has 0 radical (unpaired) electrons. The van der Waals surface area contributed by atoms with Crippen LogP contribution >= 0.6 is 0 Å². The summed E-state index contributed by atoms with van der Waals surface area (Å²) in [7, 11) is 4.34. The molecule has 0 spiro atoms. The fourth-order valence-corrected chi connectivity index (χ4v) is 4.04. The van der Waals surface area contributed by atoms with Crippen LogP contribution in [0.5, 0.6) is 0 Å². The molecule has 0 aromatic heterocycles. The van der Waals surface area contributed by atoms with Crippen molar-refractivity contribution in [1.29, 1.82) is 0 Å². The third-order valence-electron chi connectivity index (χ3n) is 5.47. The zero-order chi connectivity index (χ0) is 16.8. The summed E-state index contributed by atoms with van der Waals surface area (Å²) >= 11 is 0. The molecule has 0 aromatic carbocycles. The number of likely N-dealkylation sites (N-methyl/N-ethyl adjacent to an activating group) is 1. The Kier molecular flexibility index (Phi) is 7.15. The number of nitrogens with one attached hydrogen (secondary N) is 2.